The maximum Gasteiger partial charge on any atom is 0.252 e. The van der Waals surface area contributed by atoms with E-state index in [1.807, 2.05) is 0 Å². The van der Waals surface area contributed by atoms with Gasteiger partial charge in [-0.25, -0.2) is 15.0 Å². The molecule has 0 unspecified atom stereocenters. The molecule has 1 aliphatic rings. The molecule has 0 spiro atoms. The van der Waals surface area contributed by atoms with Crippen LogP contribution in [0.15, 0.2) is 30.9 Å². The largest absolute Gasteiger partial charge is 0.381 e. The molecule has 23 heavy (non-hydrogen) atoms. The number of hydrogen-bond donors (Lipinski definition) is 4. The number of hydrogen-bond acceptors (Lipinski definition) is 7. The molecule has 8 nitrogen and oxygen atoms in total. The average molecular weight is 313 g/mol. The number of carbonyl (C=O) groups is 1. The minimum Gasteiger partial charge on any atom is -0.381 e. The van der Waals surface area contributed by atoms with Crippen LogP contribution in [0.2, 0.25) is 0 Å². The van der Waals surface area contributed by atoms with Crippen molar-refractivity contribution in [2.24, 2.45) is 5.73 Å². The fourth-order valence-electron chi connectivity index (χ4n) is 2.52. The molecule has 1 saturated heterocycles. The van der Waals surface area contributed by atoms with Gasteiger partial charge in [0.25, 0.3) is 5.91 Å². The van der Waals surface area contributed by atoms with Gasteiger partial charge in [-0.15, -0.1) is 0 Å². The quantitative estimate of drug-likeness (QED) is 0.647. The molecule has 1 aliphatic heterocycles. The number of carbonyl (C=O) groups excluding carboxylic acids is 1. The summed E-state index contributed by atoms with van der Waals surface area (Å²) in [5.74, 6) is 0.722. The first-order chi connectivity index (χ1) is 11.2. The molecule has 5 N–H and O–H groups in total. The lowest BCUT2D eigenvalue weighted by molar-refractivity contribution is 0.100. The maximum atomic E-state index is 11.6. The number of piperidine rings is 1. The lowest BCUT2D eigenvalue weighted by atomic mass is 10.1. The third-order valence-electron chi connectivity index (χ3n) is 3.71. The number of nitrogens with two attached hydrogens (primary N) is 1. The molecular weight excluding hydrogens is 294 g/mol. The average Bonchev–Trinajstić information content (AvgIpc) is 2.57. The van der Waals surface area contributed by atoms with Gasteiger partial charge in [0.05, 0.1) is 11.3 Å². The molecule has 8 heteroatoms. The topological polar surface area (TPSA) is 118 Å². The van der Waals surface area contributed by atoms with Gasteiger partial charge in [-0.2, -0.15) is 0 Å². The number of nitrogens with zero attached hydrogens (tertiary/aromatic N) is 3. The Morgan fingerprint density at radius 1 is 1.26 bits per heavy atom. The molecule has 0 aromatic carbocycles. The highest BCUT2D eigenvalue weighted by molar-refractivity contribution is 5.98. The number of pyridine rings is 1. The van der Waals surface area contributed by atoms with Crippen LogP contribution in [0.3, 0.4) is 0 Å². The Morgan fingerprint density at radius 3 is 2.78 bits per heavy atom. The summed E-state index contributed by atoms with van der Waals surface area (Å²) >= 11 is 0. The molecule has 0 aliphatic carbocycles. The number of amides is 1. The fraction of sp³-hybridized carbons (Fsp3) is 0.333. The normalized spacial score (nSPS) is 15.1. The van der Waals surface area contributed by atoms with E-state index in [2.05, 4.69) is 30.9 Å². The van der Waals surface area contributed by atoms with Crippen LogP contribution >= 0.6 is 0 Å². The standard InChI is InChI=1S/C15H19N7O/c16-15(23)11-8-19-14(22-13-3-6-18-9-20-13)7-12(11)21-10-1-4-17-5-2-10/h3,6-10,17H,1-2,4-5H2,(H2,16,23)(H2,18,19,20,21,22). The molecule has 2 aromatic rings. The van der Waals surface area contributed by atoms with Crippen LogP contribution in [0.5, 0.6) is 0 Å². The zero-order valence-corrected chi connectivity index (χ0v) is 12.6. The van der Waals surface area contributed by atoms with E-state index in [4.69, 9.17) is 5.73 Å². The number of rotatable bonds is 5. The van der Waals surface area contributed by atoms with Crippen LogP contribution in [0.4, 0.5) is 17.3 Å². The van der Waals surface area contributed by atoms with Crippen molar-refractivity contribution in [1.29, 1.82) is 0 Å². The van der Waals surface area contributed by atoms with Crippen molar-refractivity contribution in [3.8, 4) is 0 Å². The molecule has 2 aromatic heterocycles. The second kappa shape index (κ2) is 7.01. The van der Waals surface area contributed by atoms with E-state index in [0.717, 1.165) is 25.9 Å². The van der Waals surface area contributed by atoms with Gasteiger partial charge in [-0.3, -0.25) is 4.79 Å². The van der Waals surface area contributed by atoms with E-state index in [0.29, 0.717) is 28.9 Å². The predicted octanol–water partition coefficient (Wildman–Crippen LogP) is 0.878. The molecule has 0 bridgehead atoms. The van der Waals surface area contributed by atoms with Crippen LogP contribution in [-0.2, 0) is 0 Å². The highest BCUT2D eigenvalue weighted by atomic mass is 16.1. The third kappa shape index (κ3) is 3.92. The first kappa shape index (κ1) is 15.2. The Morgan fingerprint density at radius 2 is 2.09 bits per heavy atom. The zero-order chi connectivity index (χ0) is 16.1. The first-order valence-corrected chi connectivity index (χ1v) is 7.52. The maximum absolute atomic E-state index is 11.6. The van der Waals surface area contributed by atoms with Gasteiger partial charge < -0.3 is 21.7 Å². The molecule has 120 valence electrons. The molecule has 3 heterocycles. The smallest absolute Gasteiger partial charge is 0.252 e. The van der Waals surface area contributed by atoms with E-state index in [9.17, 15) is 4.79 Å². The SMILES string of the molecule is NC(=O)c1cnc(Nc2ccncn2)cc1NC1CCNCC1. The zero-order valence-electron chi connectivity index (χ0n) is 12.6. The second-order valence-electron chi connectivity index (χ2n) is 5.37. The van der Waals surface area contributed by atoms with E-state index in [1.165, 1.54) is 12.5 Å². The van der Waals surface area contributed by atoms with Gasteiger partial charge in [-0.05, 0) is 32.0 Å². The van der Waals surface area contributed by atoms with Crippen molar-refractivity contribution < 1.29 is 4.79 Å². The molecule has 3 rings (SSSR count). The summed E-state index contributed by atoms with van der Waals surface area (Å²) in [6.45, 7) is 1.92. The highest BCUT2D eigenvalue weighted by Crippen LogP contribution is 2.22. The summed E-state index contributed by atoms with van der Waals surface area (Å²) in [7, 11) is 0. The number of anilines is 3. The third-order valence-corrected chi connectivity index (χ3v) is 3.71. The Balaban J connectivity index is 1.82. The second-order valence-corrected chi connectivity index (χ2v) is 5.37. The van der Waals surface area contributed by atoms with Crippen molar-refractivity contribution in [2.45, 2.75) is 18.9 Å². The van der Waals surface area contributed by atoms with Crippen molar-refractivity contribution in [1.82, 2.24) is 20.3 Å². The van der Waals surface area contributed by atoms with Gasteiger partial charge in [-0.1, -0.05) is 0 Å². The molecule has 1 amide bonds. The first-order valence-electron chi connectivity index (χ1n) is 7.52. The Hall–Kier alpha value is -2.74. The van der Waals surface area contributed by atoms with Gasteiger partial charge in [0.15, 0.2) is 0 Å². The summed E-state index contributed by atoms with van der Waals surface area (Å²) in [4.78, 5) is 23.8. The van der Waals surface area contributed by atoms with Crippen LogP contribution < -0.4 is 21.7 Å². The highest BCUT2D eigenvalue weighted by Gasteiger charge is 2.17. The van der Waals surface area contributed by atoms with Crippen molar-refractivity contribution in [3.63, 3.8) is 0 Å². The van der Waals surface area contributed by atoms with Gasteiger partial charge >= 0.3 is 0 Å². The Labute approximate surface area is 133 Å². The van der Waals surface area contributed by atoms with Crippen LogP contribution in [0, 0.1) is 0 Å². The van der Waals surface area contributed by atoms with Gasteiger partial charge in [0.1, 0.15) is 18.0 Å². The summed E-state index contributed by atoms with van der Waals surface area (Å²) in [5, 5.41) is 9.80. The minimum absolute atomic E-state index is 0.309. The monoisotopic (exact) mass is 313 g/mol. The number of nitrogens with one attached hydrogen (secondary N) is 3. The minimum atomic E-state index is -0.498. The fourth-order valence-corrected chi connectivity index (χ4v) is 2.52. The molecule has 0 saturated carbocycles. The lowest BCUT2D eigenvalue weighted by Crippen LogP contribution is -2.35. The summed E-state index contributed by atoms with van der Waals surface area (Å²) < 4.78 is 0. The Kier molecular flexibility index (Phi) is 4.62. The molecular formula is C15H19N7O. The lowest BCUT2D eigenvalue weighted by Gasteiger charge is -2.25. The van der Waals surface area contributed by atoms with E-state index >= 15 is 0 Å². The number of primary amides is 1. The van der Waals surface area contributed by atoms with Gasteiger partial charge in [0.2, 0.25) is 0 Å². The molecule has 1 fully saturated rings. The predicted molar refractivity (Wildman–Crippen MR) is 87.6 cm³/mol. The van der Waals surface area contributed by atoms with Crippen LogP contribution in [0.25, 0.3) is 0 Å². The van der Waals surface area contributed by atoms with Crippen molar-refractivity contribution >= 4 is 23.2 Å². The van der Waals surface area contributed by atoms with E-state index in [1.54, 1.807) is 18.3 Å². The molecule has 0 radical (unpaired) electrons. The number of aromatic nitrogens is 3. The summed E-state index contributed by atoms with van der Waals surface area (Å²) in [5.41, 5.74) is 6.53. The summed E-state index contributed by atoms with van der Waals surface area (Å²) in [6.07, 6.45) is 6.56. The van der Waals surface area contributed by atoms with Gasteiger partial charge in [0, 0.05) is 24.5 Å². The molecule has 0 atom stereocenters. The van der Waals surface area contributed by atoms with Crippen molar-refractivity contribution in [2.75, 3.05) is 23.7 Å². The van der Waals surface area contributed by atoms with Crippen LogP contribution in [0.1, 0.15) is 23.2 Å². The van der Waals surface area contributed by atoms with Crippen LogP contribution in [-0.4, -0.2) is 40.0 Å². The van der Waals surface area contributed by atoms with E-state index in [-0.39, 0.29) is 0 Å². The summed E-state index contributed by atoms with van der Waals surface area (Å²) in [6, 6.07) is 3.83. The van der Waals surface area contributed by atoms with E-state index < -0.39 is 5.91 Å². The van der Waals surface area contributed by atoms with Crippen molar-refractivity contribution in [3.05, 3.63) is 36.4 Å². The Bertz CT molecular complexity index is 671.